The lowest BCUT2D eigenvalue weighted by molar-refractivity contribution is -0.0506. The summed E-state index contributed by atoms with van der Waals surface area (Å²) in [5, 5.41) is 10.3. The number of ether oxygens (including phenoxy) is 1. The van der Waals surface area contributed by atoms with Gasteiger partial charge in [0.2, 0.25) is 0 Å². The van der Waals surface area contributed by atoms with Crippen LogP contribution in [0, 0.1) is 5.82 Å². The predicted molar refractivity (Wildman–Crippen MR) is 88.5 cm³/mol. The Kier molecular flexibility index (Phi) is 5.59. The van der Waals surface area contributed by atoms with Crippen LogP contribution in [0.25, 0.3) is 0 Å². The van der Waals surface area contributed by atoms with Gasteiger partial charge in [-0.05, 0) is 18.6 Å². The number of nitrogens with one attached hydrogen (secondary N) is 2. The third-order valence-electron chi connectivity index (χ3n) is 4.09. The van der Waals surface area contributed by atoms with E-state index in [1.807, 2.05) is 4.68 Å². The molecule has 0 saturated carbocycles. The summed E-state index contributed by atoms with van der Waals surface area (Å²) in [6, 6.07) is 3.89. The van der Waals surface area contributed by atoms with Crippen LogP contribution < -0.4 is 15.4 Å². The van der Waals surface area contributed by atoms with E-state index in [0.717, 1.165) is 18.7 Å². The minimum atomic E-state index is -3.02. The first-order valence-electron chi connectivity index (χ1n) is 8.13. The van der Waals surface area contributed by atoms with Crippen LogP contribution in [0.4, 0.5) is 13.2 Å². The van der Waals surface area contributed by atoms with E-state index in [2.05, 4.69) is 30.4 Å². The fourth-order valence-electron chi connectivity index (χ4n) is 2.83. The van der Waals surface area contributed by atoms with Gasteiger partial charge in [0.1, 0.15) is 23.7 Å². The quantitative estimate of drug-likeness (QED) is 0.621. The topological polar surface area (TPSA) is 76.4 Å². The summed E-state index contributed by atoms with van der Waals surface area (Å²) in [7, 11) is 1.58. The number of alkyl halides is 2. The SMILES string of the molecule is CN=C(NCc1c(F)cccc1OC(F)F)NC1CCc2ncnn2C1. The third-order valence-corrected chi connectivity index (χ3v) is 4.09. The molecule has 1 unspecified atom stereocenters. The van der Waals surface area contributed by atoms with Crippen LogP contribution in [0.3, 0.4) is 0 Å². The highest BCUT2D eigenvalue weighted by molar-refractivity contribution is 5.80. The number of hydrogen-bond donors (Lipinski definition) is 2. The number of rotatable bonds is 5. The maximum atomic E-state index is 14.0. The summed E-state index contributed by atoms with van der Waals surface area (Å²) in [5.74, 6) is 0.542. The number of nitrogens with zero attached hydrogens (tertiary/aromatic N) is 4. The molecule has 2 aromatic rings. The van der Waals surface area contributed by atoms with Gasteiger partial charge in [0.05, 0.1) is 6.54 Å². The second-order valence-corrected chi connectivity index (χ2v) is 5.76. The number of aliphatic imine (C=N–C) groups is 1. The highest BCUT2D eigenvalue weighted by atomic mass is 19.3. The van der Waals surface area contributed by atoms with E-state index in [1.54, 1.807) is 7.05 Å². The van der Waals surface area contributed by atoms with Gasteiger partial charge in [0.25, 0.3) is 0 Å². The summed E-state index contributed by atoms with van der Waals surface area (Å²) in [4.78, 5) is 8.27. The maximum absolute atomic E-state index is 14.0. The molecular weight excluding hydrogens is 349 g/mol. The van der Waals surface area contributed by atoms with E-state index >= 15 is 0 Å². The average molecular weight is 368 g/mol. The molecule has 3 rings (SSSR count). The van der Waals surface area contributed by atoms with Crippen molar-refractivity contribution in [3.63, 3.8) is 0 Å². The largest absolute Gasteiger partial charge is 0.434 e. The molecule has 7 nitrogen and oxygen atoms in total. The standard InChI is InChI=1S/C16H19F3N6O/c1-20-16(24-10-5-6-14-22-9-23-25(14)8-10)21-7-11-12(17)3-2-4-13(11)26-15(18)19/h2-4,9-10,15H,5-8H2,1H3,(H2,20,21,24). The molecule has 2 heterocycles. The molecule has 0 fully saturated rings. The summed E-state index contributed by atoms with van der Waals surface area (Å²) in [6.45, 7) is -2.43. The van der Waals surface area contributed by atoms with Crippen LogP contribution >= 0.6 is 0 Å². The van der Waals surface area contributed by atoms with Crippen molar-refractivity contribution in [3.05, 3.63) is 41.7 Å². The number of aromatic nitrogens is 3. The number of fused-ring (bicyclic) bond motifs is 1. The van der Waals surface area contributed by atoms with Crippen molar-refractivity contribution in [2.45, 2.75) is 38.6 Å². The summed E-state index contributed by atoms with van der Waals surface area (Å²) in [6.07, 6.45) is 3.15. The number of halogens is 3. The van der Waals surface area contributed by atoms with Gasteiger partial charge in [0, 0.05) is 31.6 Å². The van der Waals surface area contributed by atoms with E-state index in [4.69, 9.17) is 0 Å². The van der Waals surface area contributed by atoms with Gasteiger partial charge in [-0.25, -0.2) is 14.1 Å². The Morgan fingerprint density at radius 2 is 2.31 bits per heavy atom. The second kappa shape index (κ2) is 8.07. The predicted octanol–water partition coefficient (Wildman–Crippen LogP) is 1.70. The first-order chi connectivity index (χ1) is 12.6. The van der Waals surface area contributed by atoms with Crippen molar-refractivity contribution >= 4 is 5.96 Å². The molecule has 0 aliphatic carbocycles. The molecule has 2 N–H and O–H groups in total. The van der Waals surface area contributed by atoms with E-state index < -0.39 is 12.4 Å². The van der Waals surface area contributed by atoms with Crippen molar-refractivity contribution in [1.82, 2.24) is 25.4 Å². The number of benzene rings is 1. The van der Waals surface area contributed by atoms with Crippen molar-refractivity contribution < 1.29 is 17.9 Å². The number of hydrogen-bond acceptors (Lipinski definition) is 4. The van der Waals surface area contributed by atoms with Crippen molar-refractivity contribution in [1.29, 1.82) is 0 Å². The van der Waals surface area contributed by atoms with Gasteiger partial charge < -0.3 is 15.4 Å². The monoisotopic (exact) mass is 368 g/mol. The van der Waals surface area contributed by atoms with Crippen LogP contribution in [0.1, 0.15) is 17.8 Å². The Morgan fingerprint density at radius 3 is 3.08 bits per heavy atom. The Hall–Kier alpha value is -2.78. The molecule has 26 heavy (non-hydrogen) atoms. The van der Waals surface area contributed by atoms with E-state index in [0.29, 0.717) is 12.5 Å². The molecule has 0 spiro atoms. The lowest BCUT2D eigenvalue weighted by atomic mass is 10.1. The van der Waals surface area contributed by atoms with Crippen molar-refractivity contribution in [3.8, 4) is 5.75 Å². The van der Waals surface area contributed by atoms with Crippen LogP contribution in [-0.2, 0) is 19.5 Å². The van der Waals surface area contributed by atoms with E-state index in [1.165, 1.54) is 24.5 Å². The normalized spacial score (nSPS) is 17.1. The summed E-state index contributed by atoms with van der Waals surface area (Å²) < 4.78 is 45.2. The Balaban J connectivity index is 1.62. The molecule has 10 heteroatoms. The van der Waals surface area contributed by atoms with E-state index in [9.17, 15) is 13.2 Å². The minimum Gasteiger partial charge on any atom is -0.434 e. The molecule has 0 amide bonds. The first-order valence-corrected chi connectivity index (χ1v) is 8.13. The summed E-state index contributed by atoms with van der Waals surface area (Å²) in [5.41, 5.74) is 0.0120. The Bertz CT molecular complexity index is 779. The molecule has 140 valence electrons. The third kappa shape index (κ3) is 4.24. The zero-order valence-corrected chi connectivity index (χ0v) is 14.1. The lowest BCUT2D eigenvalue weighted by Gasteiger charge is -2.25. The Labute approximate surface area is 148 Å². The van der Waals surface area contributed by atoms with Crippen molar-refractivity contribution in [2.75, 3.05) is 7.05 Å². The molecule has 1 atom stereocenters. The molecule has 1 aromatic carbocycles. The minimum absolute atomic E-state index is 0.0120. The Morgan fingerprint density at radius 1 is 1.46 bits per heavy atom. The van der Waals surface area contributed by atoms with Gasteiger partial charge >= 0.3 is 6.61 Å². The number of aryl methyl sites for hydroxylation is 1. The average Bonchev–Trinajstić information content (AvgIpc) is 3.07. The van der Waals surface area contributed by atoms with Crippen LogP contribution in [0.5, 0.6) is 5.75 Å². The number of guanidine groups is 1. The van der Waals surface area contributed by atoms with Gasteiger partial charge in [-0.1, -0.05) is 6.07 Å². The van der Waals surface area contributed by atoms with Crippen LogP contribution in [0.2, 0.25) is 0 Å². The first kappa shape index (κ1) is 18.0. The summed E-state index contributed by atoms with van der Waals surface area (Å²) >= 11 is 0. The highest BCUT2D eigenvalue weighted by Gasteiger charge is 2.21. The zero-order valence-electron chi connectivity index (χ0n) is 14.1. The van der Waals surface area contributed by atoms with Crippen LogP contribution in [-0.4, -0.2) is 40.4 Å². The molecule has 1 aliphatic rings. The smallest absolute Gasteiger partial charge is 0.387 e. The fourth-order valence-corrected chi connectivity index (χ4v) is 2.83. The molecule has 0 saturated heterocycles. The second-order valence-electron chi connectivity index (χ2n) is 5.76. The molecule has 0 radical (unpaired) electrons. The molecular formula is C16H19F3N6O. The molecule has 1 aromatic heterocycles. The molecule has 0 bridgehead atoms. The van der Waals surface area contributed by atoms with E-state index in [-0.39, 0.29) is 23.9 Å². The lowest BCUT2D eigenvalue weighted by Crippen LogP contribution is -2.46. The van der Waals surface area contributed by atoms with Crippen molar-refractivity contribution in [2.24, 2.45) is 4.99 Å². The van der Waals surface area contributed by atoms with Gasteiger partial charge in [-0.15, -0.1) is 0 Å². The van der Waals surface area contributed by atoms with Gasteiger partial charge in [-0.3, -0.25) is 4.99 Å². The van der Waals surface area contributed by atoms with Gasteiger partial charge in [-0.2, -0.15) is 13.9 Å². The zero-order chi connectivity index (χ0) is 18.5. The van der Waals surface area contributed by atoms with Gasteiger partial charge in [0.15, 0.2) is 5.96 Å². The molecule has 1 aliphatic heterocycles. The fraction of sp³-hybridized carbons (Fsp3) is 0.438. The highest BCUT2D eigenvalue weighted by Crippen LogP contribution is 2.23. The maximum Gasteiger partial charge on any atom is 0.387 e. The van der Waals surface area contributed by atoms with Crippen LogP contribution in [0.15, 0.2) is 29.5 Å².